The first-order chi connectivity index (χ1) is 15.6. The highest BCUT2D eigenvalue weighted by Crippen LogP contribution is 2.28. The van der Waals surface area contributed by atoms with Gasteiger partial charge in [-0.15, -0.1) is 0 Å². The molecule has 1 N–H and O–H groups in total. The van der Waals surface area contributed by atoms with Crippen LogP contribution in [-0.4, -0.2) is 77.1 Å². The van der Waals surface area contributed by atoms with Crippen LogP contribution in [0.3, 0.4) is 0 Å². The summed E-state index contributed by atoms with van der Waals surface area (Å²) in [6, 6.07) is 7.22. The number of fused-ring (bicyclic) bond motifs is 1. The maximum atomic E-state index is 13.5. The van der Waals surface area contributed by atoms with Gasteiger partial charge in [-0.2, -0.15) is 0 Å². The van der Waals surface area contributed by atoms with E-state index >= 15 is 0 Å². The van der Waals surface area contributed by atoms with Crippen molar-refractivity contribution in [1.82, 2.24) is 24.8 Å². The minimum atomic E-state index is -0.452. The summed E-state index contributed by atoms with van der Waals surface area (Å²) < 4.78 is 13.5. The van der Waals surface area contributed by atoms with E-state index in [1.165, 1.54) is 44.4 Å². The Balaban J connectivity index is 1.28. The molecule has 168 valence electrons. The monoisotopic (exact) mass is 455 g/mol. The number of piperidine rings is 1. The van der Waals surface area contributed by atoms with Gasteiger partial charge in [-0.3, -0.25) is 4.90 Å². The van der Waals surface area contributed by atoms with Gasteiger partial charge in [0.15, 0.2) is 0 Å². The molecule has 3 aromatic rings. The molecule has 32 heavy (non-hydrogen) atoms. The summed E-state index contributed by atoms with van der Waals surface area (Å²) in [5.74, 6) is 1.10. The number of rotatable bonds is 4. The summed E-state index contributed by atoms with van der Waals surface area (Å²) in [6.07, 6.45) is 5.85. The Bertz CT molecular complexity index is 1090. The van der Waals surface area contributed by atoms with Crippen molar-refractivity contribution in [3.8, 4) is 0 Å². The minimum Gasteiger partial charge on any atom is -0.354 e. The molecule has 1 aromatic carbocycles. The zero-order valence-corrected chi connectivity index (χ0v) is 18.9. The highest BCUT2D eigenvalue weighted by Gasteiger charge is 2.27. The SMILES string of the molecule is CN1CCC(N2CCN(c3cc4ncnc(Nc5ccc(F)c(Cl)c5)c4cn3)CC2)CC1. The summed E-state index contributed by atoms with van der Waals surface area (Å²) in [7, 11) is 2.21. The zero-order valence-electron chi connectivity index (χ0n) is 18.1. The first-order valence-electron chi connectivity index (χ1n) is 11.1. The van der Waals surface area contributed by atoms with Crippen molar-refractivity contribution < 1.29 is 4.39 Å². The molecule has 2 fully saturated rings. The van der Waals surface area contributed by atoms with Crippen LogP contribution in [0.4, 0.5) is 21.7 Å². The van der Waals surface area contributed by atoms with E-state index in [0.29, 0.717) is 17.5 Å². The summed E-state index contributed by atoms with van der Waals surface area (Å²) in [6.45, 7) is 6.45. The van der Waals surface area contributed by atoms with E-state index in [4.69, 9.17) is 16.6 Å². The standard InChI is InChI=1S/C23H27ClFN7/c1-30-6-4-17(5-7-30)31-8-10-32(11-9-31)22-13-21-18(14-26-22)23(28-15-27-21)29-16-2-3-20(25)19(24)12-16/h2-3,12-15,17H,4-11H2,1H3,(H,27,28,29). The Morgan fingerprint density at radius 3 is 2.53 bits per heavy atom. The Labute approximate surface area is 192 Å². The van der Waals surface area contributed by atoms with E-state index in [-0.39, 0.29) is 5.02 Å². The van der Waals surface area contributed by atoms with Gasteiger partial charge in [0.25, 0.3) is 0 Å². The van der Waals surface area contributed by atoms with Crippen molar-refractivity contribution in [2.45, 2.75) is 18.9 Å². The Hall–Kier alpha value is -2.55. The normalized spacial score (nSPS) is 18.9. The number of piperazine rings is 1. The number of anilines is 3. The molecular weight excluding hydrogens is 429 g/mol. The summed E-state index contributed by atoms with van der Waals surface area (Å²) in [5, 5.41) is 4.06. The number of nitrogens with zero attached hydrogens (tertiary/aromatic N) is 6. The van der Waals surface area contributed by atoms with Gasteiger partial charge in [0, 0.05) is 50.2 Å². The average molecular weight is 456 g/mol. The molecule has 0 spiro atoms. The summed E-state index contributed by atoms with van der Waals surface area (Å²) >= 11 is 5.90. The maximum absolute atomic E-state index is 13.5. The van der Waals surface area contributed by atoms with E-state index in [1.807, 2.05) is 12.3 Å². The van der Waals surface area contributed by atoms with Gasteiger partial charge in [-0.05, 0) is 51.2 Å². The fourth-order valence-corrected chi connectivity index (χ4v) is 4.78. The van der Waals surface area contributed by atoms with E-state index < -0.39 is 5.82 Å². The van der Waals surface area contributed by atoms with E-state index in [0.717, 1.165) is 42.9 Å². The molecule has 0 unspecified atom stereocenters. The Morgan fingerprint density at radius 1 is 1.00 bits per heavy atom. The third-order valence-electron chi connectivity index (χ3n) is 6.53. The van der Waals surface area contributed by atoms with Gasteiger partial charge >= 0.3 is 0 Å². The molecule has 9 heteroatoms. The second-order valence-electron chi connectivity index (χ2n) is 8.59. The smallest absolute Gasteiger partial charge is 0.143 e. The number of benzene rings is 1. The van der Waals surface area contributed by atoms with Crippen molar-refractivity contribution in [1.29, 1.82) is 0 Å². The zero-order chi connectivity index (χ0) is 22.1. The lowest BCUT2D eigenvalue weighted by molar-refractivity contribution is 0.115. The molecular formula is C23H27ClFN7. The van der Waals surface area contributed by atoms with Crippen LogP contribution in [0.5, 0.6) is 0 Å². The minimum absolute atomic E-state index is 0.0631. The molecule has 0 radical (unpaired) electrons. The third-order valence-corrected chi connectivity index (χ3v) is 6.82. The second kappa shape index (κ2) is 9.13. The first kappa shape index (κ1) is 21.3. The number of pyridine rings is 1. The lowest BCUT2D eigenvalue weighted by Gasteiger charge is -2.42. The highest BCUT2D eigenvalue weighted by molar-refractivity contribution is 6.31. The summed E-state index contributed by atoms with van der Waals surface area (Å²) in [5.41, 5.74) is 1.48. The van der Waals surface area contributed by atoms with Crippen molar-refractivity contribution in [2.75, 3.05) is 56.5 Å². The Morgan fingerprint density at radius 2 is 1.78 bits per heavy atom. The number of hydrogen-bond donors (Lipinski definition) is 1. The number of nitrogens with one attached hydrogen (secondary N) is 1. The van der Waals surface area contributed by atoms with Gasteiger partial charge in [0.05, 0.1) is 15.9 Å². The Kier molecular flexibility index (Phi) is 6.08. The van der Waals surface area contributed by atoms with E-state index in [9.17, 15) is 4.39 Å². The van der Waals surface area contributed by atoms with Crippen LogP contribution in [0, 0.1) is 5.82 Å². The number of halogens is 2. The predicted molar refractivity (Wildman–Crippen MR) is 126 cm³/mol. The quantitative estimate of drug-likeness (QED) is 0.642. The van der Waals surface area contributed by atoms with Crippen LogP contribution < -0.4 is 10.2 Å². The van der Waals surface area contributed by atoms with Crippen LogP contribution in [0.2, 0.25) is 5.02 Å². The van der Waals surface area contributed by atoms with Crippen molar-refractivity contribution in [3.05, 3.63) is 47.6 Å². The van der Waals surface area contributed by atoms with Gasteiger partial charge in [0.1, 0.15) is 23.8 Å². The van der Waals surface area contributed by atoms with Gasteiger partial charge in [-0.1, -0.05) is 11.6 Å². The fraction of sp³-hybridized carbons (Fsp3) is 0.435. The molecule has 4 heterocycles. The van der Waals surface area contributed by atoms with Crippen molar-refractivity contribution in [3.63, 3.8) is 0 Å². The van der Waals surface area contributed by atoms with Crippen molar-refractivity contribution >= 4 is 39.8 Å². The maximum Gasteiger partial charge on any atom is 0.143 e. The largest absolute Gasteiger partial charge is 0.354 e. The second-order valence-corrected chi connectivity index (χ2v) is 9.00. The van der Waals surface area contributed by atoms with E-state index in [1.54, 1.807) is 6.07 Å². The van der Waals surface area contributed by atoms with E-state index in [2.05, 4.69) is 37.0 Å². The van der Waals surface area contributed by atoms with Gasteiger partial charge in [0.2, 0.25) is 0 Å². The molecule has 0 amide bonds. The average Bonchev–Trinajstić information content (AvgIpc) is 2.82. The van der Waals surface area contributed by atoms with Gasteiger partial charge < -0.3 is 15.1 Å². The lowest BCUT2D eigenvalue weighted by atomic mass is 10.0. The molecule has 0 saturated carbocycles. The third kappa shape index (κ3) is 4.48. The topological polar surface area (TPSA) is 60.4 Å². The molecule has 0 bridgehead atoms. The molecule has 7 nitrogen and oxygen atoms in total. The highest BCUT2D eigenvalue weighted by atomic mass is 35.5. The molecule has 2 aliphatic heterocycles. The van der Waals surface area contributed by atoms with Crippen LogP contribution in [0.25, 0.3) is 10.9 Å². The summed E-state index contributed by atoms with van der Waals surface area (Å²) in [4.78, 5) is 20.9. The molecule has 2 saturated heterocycles. The first-order valence-corrected chi connectivity index (χ1v) is 11.4. The van der Waals surface area contributed by atoms with Crippen LogP contribution in [0.15, 0.2) is 36.8 Å². The predicted octanol–water partition coefficient (Wildman–Crippen LogP) is 3.78. The van der Waals surface area contributed by atoms with Crippen LogP contribution in [0.1, 0.15) is 12.8 Å². The number of likely N-dealkylation sites (tertiary alicyclic amines) is 1. The molecule has 2 aromatic heterocycles. The van der Waals surface area contributed by atoms with Crippen LogP contribution in [-0.2, 0) is 0 Å². The number of aromatic nitrogens is 3. The fourth-order valence-electron chi connectivity index (χ4n) is 4.60. The number of hydrogen-bond acceptors (Lipinski definition) is 7. The lowest BCUT2D eigenvalue weighted by Crippen LogP contribution is -2.53. The molecule has 2 aliphatic rings. The molecule has 0 aliphatic carbocycles. The van der Waals surface area contributed by atoms with Crippen molar-refractivity contribution in [2.24, 2.45) is 0 Å². The van der Waals surface area contributed by atoms with Gasteiger partial charge in [-0.25, -0.2) is 19.3 Å². The molecule has 5 rings (SSSR count). The van der Waals surface area contributed by atoms with Crippen LogP contribution >= 0.6 is 11.6 Å². The molecule has 0 atom stereocenters.